The number of sulfonamides is 1. The fourth-order valence-electron chi connectivity index (χ4n) is 3.59. The summed E-state index contributed by atoms with van der Waals surface area (Å²) >= 11 is 0. The first-order valence-electron chi connectivity index (χ1n) is 10.3. The zero-order chi connectivity index (χ0) is 21.9. The van der Waals surface area contributed by atoms with Gasteiger partial charge in [0.2, 0.25) is 10.0 Å². The fraction of sp³-hybridized carbons (Fsp3) is 0.435. The van der Waals surface area contributed by atoms with Crippen LogP contribution in [-0.4, -0.2) is 44.9 Å². The van der Waals surface area contributed by atoms with Gasteiger partial charge in [-0.15, -0.1) is 0 Å². The first-order valence-corrected chi connectivity index (χ1v) is 11.7. The number of amides is 1. The van der Waals surface area contributed by atoms with Gasteiger partial charge >= 0.3 is 0 Å². The number of nitrogens with one attached hydrogen (secondary N) is 1. The first-order chi connectivity index (χ1) is 14.2. The van der Waals surface area contributed by atoms with Crippen LogP contribution in [0.1, 0.15) is 52.0 Å². The molecule has 0 aromatic heterocycles. The molecule has 162 valence electrons. The van der Waals surface area contributed by atoms with Crippen molar-refractivity contribution < 1.29 is 17.9 Å². The molecule has 0 spiro atoms. The maximum Gasteiger partial charge on any atom is 0.251 e. The van der Waals surface area contributed by atoms with Gasteiger partial charge in [0.15, 0.2) is 0 Å². The second-order valence-electron chi connectivity index (χ2n) is 7.77. The maximum absolute atomic E-state index is 13.1. The standard InChI is InChI=1S/C23H30N2O4S/c1-5-21(19-8-6-16(2)18(4)14-19)24-23(26)20-9-7-17(3)22(15-20)30(27,28)25-10-12-29-13-11-25/h6-9,14-15,21H,5,10-13H2,1-4H3,(H,24,26). The van der Waals surface area contributed by atoms with E-state index < -0.39 is 10.0 Å². The number of carbonyl (C=O) groups is 1. The zero-order valence-electron chi connectivity index (χ0n) is 18.1. The Balaban J connectivity index is 1.85. The van der Waals surface area contributed by atoms with Crippen LogP contribution in [0.4, 0.5) is 0 Å². The van der Waals surface area contributed by atoms with Crippen LogP contribution in [0, 0.1) is 20.8 Å². The average molecular weight is 431 g/mol. The van der Waals surface area contributed by atoms with Gasteiger partial charge < -0.3 is 10.1 Å². The molecule has 1 amide bonds. The molecule has 1 fully saturated rings. The Bertz CT molecular complexity index is 1030. The Morgan fingerprint density at radius 2 is 1.70 bits per heavy atom. The van der Waals surface area contributed by atoms with Gasteiger partial charge in [0.25, 0.3) is 5.91 Å². The van der Waals surface area contributed by atoms with Crippen molar-refractivity contribution in [3.05, 3.63) is 64.2 Å². The molecule has 1 saturated heterocycles. The molecular formula is C23H30N2O4S. The summed E-state index contributed by atoms with van der Waals surface area (Å²) in [6.07, 6.45) is 0.735. The van der Waals surface area contributed by atoms with Crippen molar-refractivity contribution in [3.8, 4) is 0 Å². The third-order valence-electron chi connectivity index (χ3n) is 5.69. The highest BCUT2D eigenvalue weighted by molar-refractivity contribution is 7.89. The second-order valence-corrected chi connectivity index (χ2v) is 9.68. The van der Waals surface area contributed by atoms with Gasteiger partial charge in [-0.3, -0.25) is 4.79 Å². The summed E-state index contributed by atoms with van der Waals surface area (Å²) in [5.41, 5.74) is 4.39. The smallest absolute Gasteiger partial charge is 0.251 e. The monoisotopic (exact) mass is 430 g/mol. The molecule has 0 radical (unpaired) electrons. The van der Waals surface area contributed by atoms with Gasteiger partial charge in [0, 0.05) is 18.7 Å². The van der Waals surface area contributed by atoms with Crippen LogP contribution in [0.2, 0.25) is 0 Å². The van der Waals surface area contributed by atoms with Gasteiger partial charge in [0.1, 0.15) is 0 Å². The highest BCUT2D eigenvalue weighted by atomic mass is 32.2. The Morgan fingerprint density at radius 1 is 1.03 bits per heavy atom. The first kappa shape index (κ1) is 22.5. The van der Waals surface area contributed by atoms with E-state index in [0.717, 1.165) is 12.0 Å². The topological polar surface area (TPSA) is 75.7 Å². The molecule has 0 bridgehead atoms. The van der Waals surface area contributed by atoms with Crippen molar-refractivity contribution in [2.24, 2.45) is 0 Å². The van der Waals surface area contributed by atoms with Crippen LogP contribution in [0.5, 0.6) is 0 Å². The SMILES string of the molecule is CCC(NC(=O)c1ccc(C)c(S(=O)(=O)N2CCOCC2)c1)c1ccc(C)c(C)c1. The summed E-state index contributed by atoms with van der Waals surface area (Å²) in [6.45, 7) is 9.28. The van der Waals surface area contributed by atoms with E-state index in [-0.39, 0.29) is 16.8 Å². The van der Waals surface area contributed by atoms with E-state index >= 15 is 0 Å². The second kappa shape index (κ2) is 9.29. The van der Waals surface area contributed by atoms with Crippen LogP contribution < -0.4 is 5.32 Å². The number of carbonyl (C=O) groups excluding carboxylic acids is 1. The van der Waals surface area contributed by atoms with Crippen molar-refractivity contribution in [1.82, 2.24) is 9.62 Å². The van der Waals surface area contributed by atoms with E-state index in [2.05, 4.69) is 31.3 Å². The van der Waals surface area contributed by atoms with Crippen LogP contribution >= 0.6 is 0 Å². The summed E-state index contributed by atoms with van der Waals surface area (Å²) in [7, 11) is -3.67. The lowest BCUT2D eigenvalue weighted by molar-refractivity contribution is 0.0730. The number of hydrogen-bond acceptors (Lipinski definition) is 4. The van der Waals surface area contributed by atoms with Crippen LogP contribution in [0.25, 0.3) is 0 Å². The van der Waals surface area contributed by atoms with Crippen molar-refractivity contribution in [3.63, 3.8) is 0 Å². The predicted octanol–water partition coefficient (Wildman–Crippen LogP) is 3.51. The molecule has 1 N–H and O–H groups in total. The van der Waals surface area contributed by atoms with E-state index in [1.807, 2.05) is 13.0 Å². The molecule has 2 aromatic carbocycles. The van der Waals surface area contributed by atoms with E-state index in [1.165, 1.54) is 21.5 Å². The van der Waals surface area contributed by atoms with Gasteiger partial charge in [0.05, 0.1) is 24.2 Å². The molecule has 1 atom stereocenters. The summed E-state index contributed by atoms with van der Waals surface area (Å²) in [5, 5.41) is 3.06. The Labute approximate surface area is 179 Å². The summed E-state index contributed by atoms with van der Waals surface area (Å²) in [6, 6.07) is 10.9. The third-order valence-corrected chi connectivity index (χ3v) is 7.73. The van der Waals surface area contributed by atoms with Crippen molar-refractivity contribution in [2.45, 2.75) is 45.1 Å². The molecule has 1 heterocycles. The van der Waals surface area contributed by atoms with Gasteiger partial charge in [-0.05, 0) is 61.6 Å². The highest BCUT2D eigenvalue weighted by Crippen LogP contribution is 2.24. The van der Waals surface area contributed by atoms with E-state index in [4.69, 9.17) is 4.74 Å². The molecule has 1 aliphatic rings. The predicted molar refractivity (Wildman–Crippen MR) is 117 cm³/mol. The van der Waals surface area contributed by atoms with Gasteiger partial charge in [-0.1, -0.05) is 31.2 Å². The number of rotatable bonds is 6. The van der Waals surface area contributed by atoms with Crippen LogP contribution in [0.15, 0.2) is 41.3 Å². The Morgan fingerprint density at radius 3 is 2.33 bits per heavy atom. The molecule has 2 aromatic rings. The molecule has 0 saturated carbocycles. The Kier molecular flexibility index (Phi) is 6.95. The number of benzene rings is 2. The molecule has 0 aliphatic carbocycles. The number of aryl methyl sites for hydroxylation is 3. The molecule has 6 nitrogen and oxygen atoms in total. The van der Waals surface area contributed by atoms with Crippen LogP contribution in [-0.2, 0) is 14.8 Å². The molecule has 1 aliphatic heterocycles. The minimum atomic E-state index is -3.67. The summed E-state index contributed by atoms with van der Waals surface area (Å²) in [5.74, 6) is -0.279. The lowest BCUT2D eigenvalue weighted by Crippen LogP contribution is -2.41. The fourth-order valence-corrected chi connectivity index (χ4v) is 5.25. The molecular weight excluding hydrogens is 400 g/mol. The quantitative estimate of drug-likeness (QED) is 0.761. The number of ether oxygens (including phenoxy) is 1. The molecule has 7 heteroatoms. The maximum atomic E-state index is 13.1. The minimum Gasteiger partial charge on any atom is -0.379 e. The molecule has 3 rings (SSSR count). The Hall–Kier alpha value is -2.22. The zero-order valence-corrected chi connectivity index (χ0v) is 18.9. The van der Waals surface area contributed by atoms with Crippen molar-refractivity contribution in [1.29, 1.82) is 0 Å². The summed E-state index contributed by atoms with van der Waals surface area (Å²) in [4.78, 5) is 13.1. The third kappa shape index (κ3) is 4.74. The minimum absolute atomic E-state index is 0.141. The van der Waals surface area contributed by atoms with Gasteiger partial charge in [-0.2, -0.15) is 4.31 Å². The normalized spacial score (nSPS) is 16.3. The van der Waals surface area contributed by atoms with E-state index in [1.54, 1.807) is 19.1 Å². The lowest BCUT2D eigenvalue weighted by atomic mass is 9.99. The largest absolute Gasteiger partial charge is 0.379 e. The molecule has 30 heavy (non-hydrogen) atoms. The average Bonchev–Trinajstić information content (AvgIpc) is 2.74. The van der Waals surface area contributed by atoms with Crippen molar-refractivity contribution >= 4 is 15.9 Å². The number of nitrogens with zero attached hydrogens (tertiary/aromatic N) is 1. The number of morpholine rings is 1. The molecule has 1 unspecified atom stereocenters. The summed E-state index contributed by atoms with van der Waals surface area (Å²) < 4.78 is 32.9. The number of hydrogen-bond donors (Lipinski definition) is 1. The highest BCUT2D eigenvalue weighted by Gasteiger charge is 2.28. The van der Waals surface area contributed by atoms with E-state index in [9.17, 15) is 13.2 Å². The lowest BCUT2D eigenvalue weighted by Gasteiger charge is -2.27. The van der Waals surface area contributed by atoms with Crippen LogP contribution in [0.3, 0.4) is 0 Å². The van der Waals surface area contributed by atoms with Gasteiger partial charge in [-0.25, -0.2) is 8.42 Å². The van der Waals surface area contributed by atoms with E-state index in [0.29, 0.717) is 37.4 Å². The van der Waals surface area contributed by atoms with Crippen molar-refractivity contribution in [2.75, 3.05) is 26.3 Å².